The van der Waals surface area contributed by atoms with Crippen LogP contribution in [0.5, 0.6) is 0 Å². The van der Waals surface area contributed by atoms with Crippen LogP contribution in [0.2, 0.25) is 0 Å². The van der Waals surface area contributed by atoms with Crippen LogP contribution in [0.15, 0.2) is 53.6 Å². The van der Waals surface area contributed by atoms with Crippen LogP contribution >= 0.6 is 0 Å². The van der Waals surface area contributed by atoms with Crippen molar-refractivity contribution in [1.82, 2.24) is 9.91 Å². The number of rotatable bonds is 4. The zero-order valence-electron chi connectivity index (χ0n) is 16.3. The summed E-state index contributed by atoms with van der Waals surface area (Å²) >= 11 is 0. The molecule has 28 heavy (non-hydrogen) atoms. The Morgan fingerprint density at radius 2 is 1.86 bits per heavy atom. The fourth-order valence-corrected chi connectivity index (χ4v) is 4.07. The lowest BCUT2D eigenvalue weighted by molar-refractivity contribution is -0.134. The molecule has 0 aliphatic carbocycles. The van der Waals surface area contributed by atoms with Gasteiger partial charge in [0.25, 0.3) is 5.91 Å². The van der Waals surface area contributed by atoms with E-state index in [4.69, 9.17) is 5.10 Å². The first kappa shape index (κ1) is 18.8. The Kier molecular flexibility index (Phi) is 5.53. The molecule has 4 nitrogen and oxygen atoms in total. The number of amides is 1. The average molecular weight is 379 g/mol. The highest BCUT2D eigenvalue weighted by molar-refractivity contribution is 6.03. The molecule has 1 saturated heterocycles. The predicted octanol–water partition coefficient (Wildman–Crippen LogP) is 4.30. The summed E-state index contributed by atoms with van der Waals surface area (Å²) < 4.78 is 13.4. The molecular weight excluding hydrogens is 353 g/mol. The van der Waals surface area contributed by atoms with Crippen LogP contribution in [0.25, 0.3) is 0 Å². The number of aryl methyl sites for hydroxylation is 1. The third-order valence-electron chi connectivity index (χ3n) is 5.58. The molecule has 2 aromatic rings. The van der Waals surface area contributed by atoms with Gasteiger partial charge in [0.2, 0.25) is 0 Å². The fourth-order valence-electron chi connectivity index (χ4n) is 4.07. The van der Waals surface area contributed by atoms with Gasteiger partial charge in [-0.3, -0.25) is 9.69 Å². The van der Waals surface area contributed by atoms with Crippen molar-refractivity contribution in [2.24, 2.45) is 5.10 Å². The minimum absolute atomic E-state index is 0.0129. The minimum atomic E-state index is -0.271. The molecule has 0 saturated carbocycles. The number of hydrogen-bond donors (Lipinski definition) is 0. The largest absolute Gasteiger partial charge is 0.294 e. The van der Waals surface area contributed by atoms with Gasteiger partial charge >= 0.3 is 0 Å². The van der Waals surface area contributed by atoms with Gasteiger partial charge < -0.3 is 0 Å². The first-order chi connectivity index (χ1) is 13.6. The standard InChI is InChI=1S/C23H26FN3O/c1-17-6-5-7-19(14-17)21-15-22(18-8-10-20(24)11-9-18)27(25-21)23(28)16-26-12-3-2-4-13-26/h5-11,14,22H,2-4,12-13,15-16H2,1H3/t22-/m1/s1. The minimum Gasteiger partial charge on any atom is -0.294 e. The van der Waals surface area contributed by atoms with Gasteiger partial charge in [0.15, 0.2) is 0 Å². The molecule has 0 radical (unpaired) electrons. The van der Waals surface area contributed by atoms with Crippen LogP contribution < -0.4 is 0 Å². The van der Waals surface area contributed by atoms with Crippen LogP contribution in [0.3, 0.4) is 0 Å². The van der Waals surface area contributed by atoms with Crippen molar-refractivity contribution < 1.29 is 9.18 Å². The number of carbonyl (C=O) groups is 1. The first-order valence-corrected chi connectivity index (χ1v) is 10.0. The average Bonchev–Trinajstić information content (AvgIpc) is 3.15. The molecule has 1 fully saturated rings. The van der Waals surface area contributed by atoms with Gasteiger partial charge in [-0.25, -0.2) is 9.40 Å². The van der Waals surface area contributed by atoms with Crippen molar-refractivity contribution in [3.63, 3.8) is 0 Å². The lowest BCUT2D eigenvalue weighted by Crippen LogP contribution is -2.40. The van der Waals surface area contributed by atoms with Crippen molar-refractivity contribution >= 4 is 11.6 Å². The monoisotopic (exact) mass is 379 g/mol. The SMILES string of the molecule is Cc1cccc(C2=NN(C(=O)CN3CCCCC3)[C@@H](c3ccc(F)cc3)C2)c1. The van der Waals surface area contributed by atoms with Crippen LogP contribution in [0, 0.1) is 12.7 Å². The fraction of sp³-hybridized carbons (Fsp3) is 0.391. The topological polar surface area (TPSA) is 35.9 Å². The second kappa shape index (κ2) is 8.23. The van der Waals surface area contributed by atoms with E-state index >= 15 is 0 Å². The van der Waals surface area contributed by atoms with Gasteiger partial charge in [-0.05, 0) is 56.1 Å². The Morgan fingerprint density at radius 3 is 2.57 bits per heavy atom. The molecule has 0 N–H and O–H groups in total. The molecule has 4 rings (SSSR count). The van der Waals surface area contributed by atoms with E-state index in [1.54, 1.807) is 17.1 Å². The van der Waals surface area contributed by atoms with E-state index in [1.807, 2.05) is 12.1 Å². The zero-order chi connectivity index (χ0) is 19.5. The second-order valence-corrected chi connectivity index (χ2v) is 7.76. The molecule has 2 heterocycles. The van der Waals surface area contributed by atoms with Crippen LogP contribution in [0.4, 0.5) is 4.39 Å². The summed E-state index contributed by atoms with van der Waals surface area (Å²) in [4.78, 5) is 15.3. The van der Waals surface area contributed by atoms with E-state index in [0.29, 0.717) is 13.0 Å². The maximum absolute atomic E-state index is 13.4. The number of piperidine rings is 1. The highest BCUT2D eigenvalue weighted by Crippen LogP contribution is 2.33. The van der Waals surface area contributed by atoms with E-state index in [1.165, 1.54) is 18.6 Å². The van der Waals surface area contributed by atoms with Crippen molar-refractivity contribution in [3.8, 4) is 0 Å². The van der Waals surface area contributed by atoms with Gasteiger partial charge in [0, 0.05) is 6.42 Å². The number of benzene rings is 2. The summed E-state index contributed by atoms with van der Waals surface area (Å²) in [6.07, 6.45) is 4.17. The quantitative estimate of drug-likeness (QED) is 0.794. The summed E-state index contributed by atoms with van der Waals surface area (Å²) in [5.41, 5.74) is 4.03. The molecule has 0 unspecified atom stereocenters. The molecule has 0 spiro atoms. The second-order valence-electron chi connectivity index (χ2n) is 7.76. The highest BCUT2D eigenvalue weighted by Gasteiger charge is 2.33. The predicted molar refractivity (Wildman–Crippen MR) is 109 cm³/mol. The Labute approximate surface area is 165 Å². The summed E-state index contributed by atoms with van der Waals surface area (Å²) in [7, 11) is 0. The lowest BCUT2D eigenvalue weighted by atomic mass is 9.97. The zero-order valence-corrected chi connectivity index (χ0v) is 16.3. The molecule has 2 aromatic carbocycles. The summed E-state index contributed by atoms with van der Waals surface area (Å²) in [6, 6.07) is 14.4. The number of halogens is 1. The maximum Gasteiger partial charge on any atom is 0.257 e. The summed E-state index contributed by atoms with van der Waals surface area (Å²) in [5.74, 6) is -0.258. The van der Waals surface area contributed by atoms with Crippen LogP contribution in [-0.2, 0) is 4.79 Å². The molecule has 1 amide bonds. The smallest absolute Gasteiger partial charge is 0.257 e. The Bertz CT molecular complexity index is 872. The molecule has 0 bridgehead atoms. The number of likely N-dealkylation sites (tertiary alicyclic amines) is 1. The molecule has 1 atom stereocenters. The number of nitrogens with zero attached hydrogens (tertiary/aromatic N) is 3. The molecular formula is C23H26FN3O. The molecule has 5 heteroatoms. The highest BCUT2D eigenvalue weighted by atomic mass is 19.1. The molecule has 0 aromatic heterocycles. The third kappa shape index (κ3) is 4.14. The van der Waals surface area contributed by atoms with Gasteiger partial charge in [-0.15, -0.1) is 0 Å². The van der Waals surface area contributed by atoms with E-state index in [-0.39, 0.29) is 17.8 Å². The first-order valence-electron chi connectivity index (χ1n) is 10.0. The summed E-state index contributed by atoms with van der Waals surface area (Å²) in [5, 5.41) is 6.35. The summed E-state index contributed by atoms with van der Waals surface area (Å²) in [6.45, 7) is 4.38. The van der Waals surface area contributed by atoms with Gasteiger partial charge in [0.1, 0.15) is 5.82 Å². The van der Waals surface area contributed by atoms with Crippen molar-refractivity contribution in [2.75, 3.05) is 19.6 Å². The molecule has 2 aliphatic rings. The van der Waals surface area contributed by atoms with Gasteiger partial charge in [0.05, 0.1) is 18.3 Å². The van der Waals surface area contributed by atoms with Crippen molar-refractivity contribution in [2.45, 2.75) is 38.6 Å². The van der Waals surface area contributed by atoms with Gasteiger partial charge in [-0.1, -0.05) is 48.4 Å². The normalized spacial score (nSPS) is 20.3. The Balaban J connectivity index is 1.60. The Morgan fingerprint density at radius 1 is 1.11 bits per heavy atom. The number of hydrogen-bond acceptors (Lipinski definition) is 3. The van der Waals surface area contributed by atoms with E-state index in [2.05, 4.69) is 24.0 Å². The van der Waals surface area contributed by atoms with E-state index in [0.717, 1.165) is 48.3 Å². The van der Waals surface area contributed by atoms with E-state index < -0.39 is 0 Å². The van der Waals surface area contributed by atoms with Crippen molar-refractivity contribution in [1.29, 1.82) is 0 Å². The molecule has 2 aliphatic heterocycles. The third-order valence-corrected chi connectivity index (χ3v) is 5.58. The van der Waals surface area contributed by atoms with E-state index in [9.17, 15) is 9.18 Å². The van der Waals surface area contributed by atoms with Crippen LogP contribution in [-0.4, -0.2) is 41.2 Å². The van der Waals surface area contributed by atoms with Crippen molar-refractivity contribution in [3.05, 3.63) is 71.0 Å². The van der Waals surface area contributed by atoms with Gasteiger partial charge in [-0.2, -0.15) is 5.10 Å². The lowest BCUT2D eigenvalue weighted by Gasteiger charge is -2.29. The van der Waals surface area contributed by atoms with Crippen LogP contribution in [0.1, 0.15) is 48.4 Å². The number of hydrazone groups is 1. The Hall–Kier alpha value is -2.53. The maximum atomic E-state index is 13.4. The number of carbonyl (C=O) groups excluding carboxylic acids is 1. The molecule has 146 valence electrons.